The van der Waals surface area contributed by atoms with E-state index in [-0.39, 0.29) is 25.1 Å². The summed E-state index contributed by atoms with van der Waals surface area (Å²) in [7, 11) is 0. The Hall–Kier alpha value is -3.27. The van der Waals surface area contributed by atoms with Gasteiger partial charge in [-0.3, -0.25) is 14.4 Å². The van der Waals surface area contributed by atoms with Crippen molar-refractivity contribution >= 4 is 23.4 Å². The number of hydrogen-bond donors (Lipinski definition) is 2. The SMILES string of the molecule is O=C(NCc1ccc(F)c(Cl)c1F)c1cn2c(c(O)c1=O)C(=O)N1CCC=C(F)[C@@H]2C1. The van der Waals surface area contributed by atoms with Crippen LogP contribution in [0.3, 0.4) is 0 Å². The molecule has 2 aliphatic rings. The molecule has 4 rings (SSSR count). The van der Waals surface area contributed by atoms with Crippen molar-refractivity contribution in [1.29, 1.82) is 0 Å². The summed E-state index contributed by atoms with van der Waals surface area (Å²) < 4.78 is 42.9. The van der Waals surface area contributed by atoms with Gasteiger partial charge in [-0.25, -0.2) is 13.2 Å². The summed E-state index contributed by atoms with van der Waals surface area (Å²) in [5, 5.41) is 11.9. The number of halogens is 4. The highest BCUT2D eigenvalue weighted by Gasteiger charge is 2.38. The Kier molecular flexibility index (Phi) is 5.26. The number of rotatable bonds is 3. The number of aromatic hydroxyl groups is 1. The Bertz CT molecular complexity index is 1210. The highest BCUT2D eigenvalue weighted by atomic mass is 35.5. The molecular formula is C20H15ClF3N3O4. The zero-order valence-corrected chi connectivity index (χ0v) is 16.5. The topological polar surface area (TPSA) is 91.6 Å². The minimum Gasteiger partial charge on any atom is -0.503 e. The first-order valence-corrected chi connectivity index (χ1v) is 9.62. The second-order valence-electron chi connectivity index (χ2n) is 7.14. The molecule has 3 heterocycles. The molecule has 2 aliphatic heterocycles. The third-order valence-corrected chi connectivity index (χ3v) is 5.63. The number of amides is 2. The molecule has 0 aliphatic carbocycles. The molecule has 2 aromatic rings. The van der Waals surface area contributed by atoms with Crippen molar-refractivity contribution in [3.05, 3.63) is 73.9 Å². The number of fused-ring (bicyclic) bond motifs is 4. The molecule has 1 aromatic carbocycles. The number of carbonyl (C=O) groups is 2. The molecule has 0 saturated carbocycles. The maximum absolute atomic E-state index is 14.5. The van der Waals surface area contributed by atoms with Gasteiger partial charge in [0, 0.05) is 31.4 Å². The van der Waals surface area contributed by atoms with E-state index in [1.807, 2.05) is 0 Å². The Morgan fingerprint density at radius 3 is 2.74 bits per heavy atom. The van der Waals surface area contributed by atoms with Crippen LogP contribution in [-0.4, -0.2) is 39.5 Å². The third kappa shape index (κ3) is 3.46. The average Bonchev–Trinajstić information content (AvgIpc) is 2.91. The molecule has 2 N–H and O–H groups in total. The number of aromatic nitrogens is 1. The first-order valence-electron chi connectivity index (χ1n) is 9.24. The zero-order chi connectivity index (χ0) is 22.4. The standard InChI is InChI=1S/C20H15ClF3N3O4/c21-14-12(23)4-3-9(15(14)24)6-25-19(30)10-7-27-13-8-26(5-1-2-11(13)22)20(31)16(27)18(29)17(10)28/h2-4,7,13,29H,1,5-6,8H2,(H,25,30)/t13-/m0/s1. The predicted octanol–water partition coefficient (Wildman–Crippen LogP) is 2.67. The molecule has 7 nitrogen and oxygen atoms in total. The van der Waals surface area contributed by atoms with Crippen LogP contribution in [0.2, 0.25) is 5.02 Å². The molecule has 0 fully saturated rings. The summed E-state index contributed by atoms with van der Waals surface area (Å²) >= 11 is 5.50. The molecule has 162 valence electrons. The monoisotopic (exact) mass is 453 g/mol. The van der Waals surface area contributed by atoms with E-state index in [1.165, 1.54) is 11.0 Å². The maximum atomic E-state index is 14.5. The molecule has 0 saturated heterocycles. The fraction of sp³-hybridized carbons (Fsp3) is 0.250. The molecule has 1 atom stereocenters. The van der Waals surface area contributed by atoms with Crippen LogP contribution in [0.25, 0.3) is 0 Å². The lowest BCUT2D eigenvalue weighted by molar-refractivity contribution is 0.0677. The van der Waals surface area contributed by atoms with Gasteiger partial charge in [-0.05, 0) is 18.6 Å². The van der Waals surface area contributed by atoms with E-state index in [0.29, 0.717) is 0 Å². The summed E-state index contributed by atoms with van der Waals surface area (Å²) in [5.74, 6) is -5.22. The molecular weight excluding hydrogens is 439 g/mol. The summed E-state index contributed by atoms with van der Waals surface area (Å²) in [6.45, 7) is -0.224. The smallest absolute Gasteiger partial charge is 0.274 e. The van der Waals surface area contributed by atoms with Crippen molar-refractivity contribution in [2.45, 2.75) is 19.0 Å². The Balaban J connectivity index is 1.70. The van der Waals surface area contributed by atoms with Crippen LogP contribution >= 0.6 is 11.6 Å². The van der Waals surface area contributed by atoms with Crippen LogP contribution < -0.4 is 10.7 Å². The Morgan fingerprint density at radius 2 is 2.00 bits per heavy atom. The van der Waals surface area contributed by atoms with E-state index in [1.54, 1.807) is 0 Å². The van der Waals surface area contributed by atoms with Crippen molar-refractivity contribution in [3.8, 4) is 5.75 Å². The predicted molar refractivity (Wildman–Crippen MR) is 104 cm³/mol. The van der Waals surface area contributed by atoms with Crippen LogP contribution in [-0.2, 0) is 6.54 Å². The van der Waals surface area contributed by atoms with E-state index < -0.39 is 69.3 Å². The number of carbonyl (C=O) groups excluding carboxylic acids is 2. The van der Waals surface area contributed by atoms with Crippen molar-refractivity contribution in [1.82, 2.24) is 14.8 Å². The zero-order valence-electron chi connectivity index (χ0n) is 15.8. The minimum absolute atomic E-state index is 0.0170. The van der Waals surface area contributed by atoms with Crippen LogP contribution in [0, 0.1) is 11.6 Å². The van der Waals surface area contributed by atoms with E-state index >= 15 is 0 Å². The third-order valence-electron chi connectivity index (χ3n) is 5.29. The van der Waals surface area contributed by atoms with Gasteiger partial charge in [-0.1, -0.05) is 17.7 Å². The highest BCUT2D eigenvalue weighted by molar-refractivity contribution is 6.30. The molecule has 11 heteroatoms. The molecule has 2 bridgehead atoms. The van der Waals surface area contributed by atoms with Crippen LogP contribution in [0.5, 0.6) is 5.75 Å². The molecule has 0 unspecified atom stereocenters. The lowest BCUT2D eigenvalue weighted by Crippen LogP contribution is -2.44. The number of nitrogens with zero attached hydrogens (tertiary/aromatic N) is 2. The van der Waals surface area contributed by atoms with E-state index in [0.717, 1.165) is 22.9 Å². The number of pyridine rings is 1. The maximum Gasteiger partial charge on any atom is 0.274 e. The van der Waals surface area contributed by atoms with E-state index in [9.17, 15) is 32.7 Å². The lowest BCUT2D eigenvalue weighted by Gasteiger charge is -2.34. The van der Waals surface area contributed by atoms with Gasteiger partial charge >= 0.3 is 0 Å². The van der Waals surface area contributed by atoms with Gasteiger partial charge in [-0.15, -0.1) is 0 Å². The summed E-state index contributed by atoms with van der Waals surface area (Å²) in [6.07, 6.45) is 2.58. The number of hydrogen-bond acceptors (Lipinski definition) is 4. The lowest BCUT2D eigenvalue weighted by atomic mass is 10.1. The molecule has 1 aromatic heterocycles. The van der Waals surface area contributed by atoms with Crippen molar-refractivity contribution in [2.75, 3.05) is 13.1 Å². The average molecular weight is 454 g/mol. The second-order valence-corrected chi connectivity index (χ2v) is 7.52. The van der Waals surface area contributed by atoms with Gasteiger partial charge in [0.2, 0.25) is 5.43 Å². The normalized spacial score (nSPS) is 17.7. The van der Waals surface area contributed by atoms with Crippen molar-refractivity contribution in [2.24, 2.45) is 0 Å². The fourth-order valence-corrected chi connectivity index (χ4v) is 3.83. The first-order chi connectivity index (χ1) is 14.7. The Morgan fingerprint density at radius 1 is 1.26 bits per heavy atom. The van der Waals surface area contributed by atoms with Crippen LogP contribution in [0.15, 0.2) is 35.0 Å². The summed E-state index contributed by atoms with van der Waals surface area (Å²) in [4.78, 5) is 39.1. The van der Waals surface area contributed by atoms with E-state index in [2.05, 4.69) is 5.32 Å². The largest absolute Gasteiger partial charge is 0.503 e. The number of nitrogens with one attached hydrogen (secondary N) is 1. The van der Waals surface area contributed by atoms with Crippen LogP contribution in [0.1, 0.15) is 38.9 Å². The molecule has 0 radical (unpaired) electrons. The van der Waals surface area contributed by atoms with Gasteiger partial charge in [0.25, 0.3) is 11.8 Å². The summed E-state index contributed by atoms with van der Waals surface area (Å²) in [5.41, 5.74) is -2.22. The van der Waals surface area contributed by atoms with Gasteiger partial charge in [0.1, 0.15) is 34.1 Å². The number of benzene rings is 1. The highest BCUT2D eigenvalue weighted by Crippen LogP contribution is 2.33. The van der Waals surface area contributed by atoms with E-state index in [4.69, 9.17) is 11.6 Å². The Labute approximate surface area is 178 Å². The first kappa shape index (κ1) is 21.0. The molecule has 31 heavy (non-hydrogen) atoms. The van der Waals surface area contributed by atoms with Crippen molar-refractivity contribution < 1.29 is 27.9 Å². The quantitative estimate of drug-likeness (QED) is 0.699. The molecule has 2 amide bonds. The fourth-order valence-electron chi connectivity index (χ4n) is 3.65. The van der Waals surface area contributed by atoms with Crippen molar-refractivity contribution in [3.63, 3.8) is 0 Å². The second kappa shape index (κ2) is 7.77. The van der Waals surface area contributed by atoms with Crippen LogP contribution in [0.4, 0.5) is 13.2 Å². The van der Waals surface area contributed by atoms with Gasteiger partial charge in [0.05, 0.1) is 0 Å². The molecule has 0 spiro atoms. The summed E-state index contributed by atoms with van der Waals surface area (Å²) in [6, 6.07) is 1.000. The minimum atomic E-state index is -1.13. The van der Waals surface area contributed by atoms with Gasteiger partial charge in [0.15, 0.2) is 11.4 Å². The van der Waals surface area contributed by atoms with Gasteiger partial charge < -0.3 is 19.9 Å². The van der Waals surface area contributed by atoms with Gasteiger partial charge in [-0.2, -0.15) is 0 Å².